The van der Waals surface area contributed by atoms with Crippen molar-refractivity contribution in [2.75, 3.05) is 31.9 Å². The number of nitrogens with two attached hydrogens (primary N) is 1. The van der Waals surface area contributed by atoms with Gasteiger partial charge in [0.15, 0.2) is 9.84 Å². The molecule has 0 radical (unpaired) electrons. The van der Waals surface area contributed by atoms with Crippen LogP contribution in [-0.2, 0) is 21.2 Å². The molecule has 4 rings (SSSR count). The number of carbonyl (C=O) groups excluding carboxylic acids is 1. The van der Waals surface area contributed by atoms with E-state index in [0.717, 1.165) is 43.6 Å². The molecular formula is C24H32N4O3S. The van der Waals surface area contributed by atoms with Crippen LogP contribution in [0.5, 0.6) is 0 Å². The van der Waals surface area contributed by atoms with Crippen LogP contribution in [0.2, 0.25) is 0 Å². The van der Waals surface area contributed by atoms with Crippen molar-refractivity contribution in [1.29, 1.82) is 0 Å². The average Bonchev–Trinajstić information content (AvgIpc) is 2.79. The molecule has 0 unspecified atom stereocenters. The van der Waals surface area contributed by atoms with Gasteiger partial charge < -0.3 is 10.6 Å². The number of aromatic nitrogens is 1. The van der Waals surface area contributed by atoms with Crippen LogP contribution in [0.4, 0.5) is 5.82 Å². The molecule has 3 heterocycles. The number of hydrogen-bond acceptors (Lipinski definition) is 6. The summed E-state index contributed by atoms with van der Waals surface area (Å²) in [6, 6.07) is 11.0. The van der Waals surface area contributed by atoms with Crippen LogP contribution < -0.4 is 5.73 Å². The molecule has 0 atom stereocenters. The lowest BCUT2D eigenvalue weighted by Crippen LogP contribution is -2.47. The number of piperidine rings is 2. The molecule has 2 aliphatic rings. The van der Waals surface area contributed by atoms with Gasteiger partial charge in [0.1, 0.15) is 5.82 Å². The van der Waals surface area contributed by atoms with E-state index in [1.807, 2.05) is 36.1 Å². The number of sulfone groups is 1. The molecule has 2 aliphatic heterocycles. The molecule has 172 valence electrons. The number of pyridine rings is 1. The van der Waals surface area contributed by atoms with Gasteiger partial charge in [0.05, 0.1) is 10.1 Å². The van der Waals surface area contributed by atoms with Gasteiger partial charge in [-0.2, -0.15) is 0 Å². The smallest absolute Gasteiger partial charge is 0.225 e. The Kier molecular flexibility index (Phi) is 6.81. The van der Waals surface area contributed by atoms with Crippen molar-refractivity contribution >= 4 is 21.6 Å². The largest absolute Gasteiger partial charge is 0.384 e. The van der Waals surface area contributed by atoms with Gasteiger partial charge in [-0.3, -0.25) is 9.69 Å². The number of rotatable bonds is 5. The summed E-state index contributed by atoms with van der Waals surface area (Å²) in [5, 5.41) is -0.415. The van der Waals surface area contributed by atoms with E-state index in [0.29, 0.717) is 36.6 Å². The fourth-order valence-electron chi connectivity index (χ4n) is 4.89. The molecule has 0 bridgehead atoms. The molecule has 8 heteroatoms. The van der Waals surface area contributed by atoms with E-state index in [2.05, 4.69) is 9.88 Å². The normalized spacial score (nSPS) is 19.2. The second kappa shape index (κ2) is 9.58. The van der Waals surface area contributed by atoms with E-state index in [9.17, 15) is 13.2 Å². The number of nitrogens with zero attached hydrogens (tertiary/aromatic N) is 3. The number of benzene rings is 1. The first-order valence-electron chi connectivity index (χ1n) is 11.4. The Morgan fingerprint density at radius 3 is 2.41 bits per heavy atom. The summed E-state index contributed by atoms with van der Waals surface area (Å²) >= 11 is 0. The van der Waals surface area contributed by atoms with Crippen LogP contribution in [0, 0.1) is 12.8 Å². The zero-order valence-corrected chi connectivity index (χ0v) is 19.4. The zero-order chi connectivity index (χ0) is 22.7. The van der Waals surface area contributed by atoms with Crippen molar-refractivity contribution in [2.45, 2.75) is 49.3 Å². The fourth-order valence-corrected chi connectivity index (χ4v) is 6.86. The summed E-state index contributed by atoms with van der Waals surface area (Å²) in [5.41, 5.74) is 7.69. The summed E-state index contributed by atoms with van der Waals surface area (Å²) < 4.78 is 26.1. The quantitative estimate of drug-likeness (QED) is 0.743. The summed E-state index contributed by atoms with van der Waals surface area (Å²) in [4.78, 5) is 21.8. The second-order valence-electron chi connectivity index (χ2n) is 8.97. The summed E-state index contributed by atoms with van der Waals surface area (Å²) in [6.07, 6.45) is 4.40. The van der Waals surface area contributed by atoms with Crippen molar-refractivity contribution < 1.29 is 13.2 Å². The predicted octanol–water partition coefficient (Wildman–Crippen LogP) is 2.65. The third-order valence-electron chi connectivity index (χ3n) is 6.78. The molecule has 1 aromatic heterocycles. The highest BCUT2D eigenvalue weighted by atomic mass is 32.2. The molecule has 7 nitrogen and oxygen atoms in total. The first kappa shape index (κ1) is 22.7. The Balaban J connectivity index is 1.28. The Morgan fingerprint density at radius 1 is 1.06 bits per heavy atom. The van der Waals surface area contributed by atoms with E-state index in [-0.39, 0.29) is 11.8 Å². The topological polar surface area (TPSA) is 96.6 Å². The van der Waals surface area contributed by atoms with Gasteiger partial charge in [-0.05, 0) is 75.0 Å². The number of likely N-dealkylation sites (tertiary alicyclic amines) is 2. The van der Waals surface area contributed by atoms with E-state index < -0.39 is 15.1 Å². The van der Waals surface area contributed by atoms with E-state index in [1.54, 1.807) is 18.3 Å². The van der Waals surface area contributed by atoms with Gasteiger partial charge >= 0.3 is 0 Å². The van der Waals surface area contributed by atoms with Crippen molar-refractivity contribution in [1.82, 2.24) is 14.8 Å². The van der Waals surface area contributed by atoms with Gasteiger partial charge in [0.2, 0.25) is 5.91 Å². The Bertz CT molecular complexity index is 1060. The SMILES string of the molecule is Cc1ccccc1S(=O)(=O)C1CCN(C(=O)C2CCN(Cc3ccnc(N)c3)CC2)CC1. The number of anilines is 1. The number of nitrogen functional groups attached to an aromatic ring is 1. The molecule has 2 saturated heterocycles. The van der Waals surface area contributed by atoms with Crippen LogP contribution in [0.3, 0.4) is 0 Å². The van der Waals surface area contributed by atoms with Crippen LogP contribution in [0.1, 0.15) is 36.8 Å². The molecular weight excluding hydrogens is 424 g/mol. The summed E-state index contributed by atoms with van der Waals surface area (Å²) in [7, 11) is -3.36. The molecule has 0 spiro atoms. The standard InChI is InChI=1S/C24H32N4O3S/c1-18-4-2-3-5-22(18)32(30,31)21-9-14-28(15-10-21)24(29)20-7-12-27(13-8-20)17-19-6-11-26-23(25)16-19/h2-6,11,16,20-21H,7-10,12-15,17H2,1H3,(H2,25,26). The maximum atomic E-state index is 13.1. The summed E-state index contributed by atoms with van der Waals surface area (Å²) in [5.74, 6) is 0.739. The Morgan fingerprint density at radius 2 is 1.75 bits per heavy atom. The maximum absolute atomic E-state index is 13.1. The molecule has 2 aromatic rings. The van der Waals surface area contributed by atoms with Crippen LogP contribution in [0.25, 0.3) is 0 Å². The third kappa shape index (κ3) is 4.96. The Hall–Kier alpha value is -2.45. The number of carbonyl (C=O) groups is 1. The van der Waals surface area contributed by atoms with Gasteiger partial charge in [-0.15, -0.1) is 0 Å². The molecule has 1 amide bonds. The minimum Gasteiger partial charge on any atom is -0.384 e. The lowest BCUT2D eigenvalue weighted by Gasteiger charge is -2.37. The number of hydrogen-bond donors (Lipinski definition) is 1. The molecule has 32 heavy (non-hydrogen) atoms. The van der Waals surface area contributed by atoms with Crippen LogP contribution in [0.15, 0.2) is 47.5 Å². The summed E-state index contributed by atoms with van der Waals surface area (Å²) in [6.45, 7) is 5.43. The number of aryl methyl sites for hydroxylation is 1. The highest BCUT2D eigenvalue weighted by molar-refractivity contribution is 7.92. The lowest BCUT2D eigenvalue weighted by atomic mass is 9.94. The minimum atomic E-state index is -3.36. The highest BCUT2D eigenvalue weighted by Crippen LogP contribution is 2.28. The van der Waals surface area contributed by atoms with Gasteiger partial charge in [0, 0.05) is 31.7 Å². The van der Waals surface area contributed by atoms with E-state index >= 15 is 0 Å². The van der Waals surface area contributed by atoms with Crippen molar-refractivity contribution in [3.63, 3.8) is 0 Å². The lowest BCUT2D eigenvalue weighted by molar-refractivity contribution is -0.138. The molecule has 2 fully saturated rings. The van der Waals surface area contributed by atoms with Gasteiger partial charge in [-0.25, -0.2) is 13.4 Å². The highest BCUT2D eigenvalue weighted by Gasteiger charge is 2.35. The Labute approximate surface area is 190 Å². The average molecular weight is 457 g/mol. The fraction of sp³-hybridized carbons (Fsp3) is 0.500. The zero-order valence-electron chi connectivity index (χ0n) is 18.6. The third-order valence-corrected chi connectivity index (χ3v) is 9.20. The van der Waals surface area contributed by atoms with Gasteiger partial charge in [-0.1, -0.05) is 18.2 Å². The second-order valence-corrected chi connectivity index (χ2v) is 11.2. The monoisotopic (exact) mass is 456 g/mol. The molecule has 0 saturated carbocycles. The molecule has 0 aliphatic carbocycles. The van der Waals surface area contributed by atoms with E-state index in [1.165, 1.54) is 0 Å². The van der Waals surface area contributed by atoms with Gasteiger partial charge in [0.25, 0.3) is 0 Å². The van der Waals surface area contributed by atoms with E-state index in [4.69, 9.17) is 5.73 Å². The van der Waals surface area contributed by atoms with Crippen molar-refractivity contribution in [3.05, 3.63) is 53.7 Å². The minimum absolute atomic E-state index is 0.0262. The first-order valence-corrected chi connectivity index (χ1v) is 12.9. The molecule has 2 N–H and O–H groups in total. The van der Waals surface area contributed by atoms with Crippen LogP contribution in [-0.4, -0.2) is 60.5 Å². The molecule has 1 aromatic carbocycles. The van der Waals surface area contributed by atoms with Crippen molar-refractivity contribution in [3.8, 4) is 0 Å². The van der Waals surface area contributed by atoms with Crippen LogP contribution >= 0.6 is 0 Å². The van der Waals surface area contributed by atoms with Crippen molar-refractivity contribution in [2.24, 2.45) is 5.92 Å². The maximum Gasteiger partial charge on any atom is 0.225 e. The number of amides is 1. The predicted molar refractivity (Wildman–Crippen MR) is 125 cm³/mol. The first-order chi connectivity index (χ1) is 15.3.